The van der Waals surface area contributed by atoms with E-state index in [1.54, 1.807) is 0 Å². The number of carbonyl (C=O) groups is 7. The quantitative estimate of drug-likeness (QED) is 0.122. The van der Waals surface area contributed by atoms with E-state index in [0.29, 0.717) is 0 Å². The summed E-state index contributed by atoms with van der Waals surface area (Å²) in [6.07, 6.45) is -2.80. The lowest BCUT2D eigenvalue weighted by atomic mass is 10.1. The molecule has 3 unspecified atom stereocenters. The van der Waals surface area contributed by atoms with Gasteiger partial charge < -0.3 is 42.1 Å². The maximum absolute atomic E-state index is 12.5. The summed E-state index contributed by atoms with van der Waals surface area (Å²) in [6.45, 7) is -0.804. The molecule has 0 fully saturated rings. The van der Waals surface area contributed by atoms with Crippen LogP contribution in [0.3, 0.4) is 0 Å². The summed E-state index contributed by atoms with van der Waals surface area (Å²) in [6, 6.07) is -4.58. The maximum Gasteiger partial charge on any atom is 0.322 e. The van der Waals surface area contributed by atoms with Crippen molar-refractivity contribution >= 4 is 41.6 Å². The van der Waals surface area contributed by atoms with Gasteiger partial charge in [-0.1, -0.05) is 0 Å². The average Bonchev–Trinajstić information content (AvgIpc) is 2.64. The predicted octanol–water partition coefficient (Wildman–Crippen LogP) is -3.31. The first-order valence-electron chi connectivity index (χ1n) is 8.84. The summed E-state index contributed by atoms with van der Waals surface area (Å²) in [7, 11) is 0. The second-order valence-electron chi connectivity index (χ2n) is 6.30. The molecule has 0 heterocycles. The van der Waals surface area contributed by atoms with E-state index in [4.69, 9.17) is 26.2 Å². The highest BCUT2D eigenvalue weighted by atomic mass is 16.4. The maximum atomic E-state index is 12.5. The number of amides is 3. The third kappa shape index (κ3) is 12.4. The van der Waals surface area contributed by atoms with Crippen molar-refractivity contribution in [1.29, 1.82) is 0 Å². The van der Waals surface area contributed by atoms with Crippen molar-refractivity contribution < 1.29 is 54.0 Å². The van der Waals surface area contributed by atoms with E-state index in [9.17, 15) is 33.6 Å². The molecule has 9 N–H and O–H groups in total. The van der Waals surface area contributed by atoms with Gasteiger partial charge in [0.1, 0.15) is 18.6 Å². The van der Waals surface area contributed by atoms with Crippen LogP contribution in [0.5, 0.6) is 0 Å². The van der Waals surface area contributed by atoms with Crippen LogP contribution in [0.1, 0.15) is 32.1 Å². The summed E-state index contributed by atoms with van der Waals surface area (Å²) in [5.74, 6) is -8.55. The Labute approximate surface area is 175 Å². The molecule has 15 nitrogen and oxygen atoms in total. The third-order valence-electron chi connectivity index (χ3n) is 3.70. The van der Waals surface area contributed by atoms with E-state index < -0.39 is 98.4 Å². The molecule has 0 aliphatic heterocycles. The average molecular weight is 448 g/mol. The van der Waals surface area contributed by atoms with Gasteiger partial charge in [0.2, 0.25) is 17.7 Å². The van der Waals surface area contributed by atoms with Crippen LogP contribution in [0.2, 0.25) is 0 Å². The van der Waals surface area contributed by atoms with Crippen LogP contribution in [-0.4, -0.2) is 86.7 Å². The van der Waals surface area contributed by atoms with E-state index >= 15 is 0 Å². The van der Waals surface area contributed by atoms with Crippen molar-refractivity contribution in [3.05, 3.63) is 0 Å². The number of carbonyl (C=O) groups excluding carboxylic acids is 3. The minimum atomic E-state index is -1.54. The molecule has 0 aromatic carbocycles. The fraction of sp³-hybridized carbons (Fsp3) is 0.562. The molecular formula is C16H24N4O11. The number of carboxylic acids is 4. The van der Waals surface area contributed by atoms with Gasteiger partial charge in [-0.15, -0.1) is 0 Å². The Balaban J connectivity index is 5.37. The van der Waals surface area contributed by atoms with Gasteiger partial charge in [-0.2, -0.15) is 0 Å². The first-order valence-corrected chi connectivity index (χ1v) is 8.84. The monoisotopic (exact) mass is 448 g/mol. The topological polar surface area (TPSA) is 263 Å². The summed E-state index contributed by atoms with van der Waals surface area (Å²) < 4.78 is 0. The molecule has 0 radical (unpaired) electrons. The summed E-state index contributed by atoms with van der Waals surface area (Å²) in [4.78, 5) is 79.4. The van der Waals surface area contributed by atoms with Crippen LogP contribution >= 0.6 is 0 Å². The molecule has 0 rings (SSSR count). The lowest BCUT2D eigenvalue weighted by Gasteiger charge is -2.23. The summed E-state index contributed by atoms with van der Waals surface area (Å²) >= 11 is 0. The molecule has 174 valence electrons. The first kappa shape index (κ1) is 27.2. The molecule has 0 bridgehead atoms. The van der Waals surface area contributed by atoms with Gasteiger partial charge in [0, 0.05) is 12.8 Å². The van der Waals surface area contributed by atoms with Crippen LogP contribution in [0.4, 0.5) is 0 Å². The molecule has 0 aromatic rings. The second kappa shape index (κ2) is 13.5. The number of hydrogen-bond acceptors (Lipinski definition) is 8. The normalized spacial score (nSPS) is 13.2. The Bertz CT molecular complexity index is 724. The Hall–Kier alpha value is -3.75. The highest BCUT2D eigenvalue weighted by Gasteiger charge is 2.29. The number of rotatable bonds is 15. The molecule has 15 heteroatoms. The fourth-order valence-corrected chi connectivity index (χ4v) is 2.19. The first-order chi connectivity index (χ1) is 14.3. The molecule has 0 spiro atoms. The molecule has 0 aliphatic rings. The SMILES string of the molecule is NC(CC(=O)O)C(=O)NC(CCC(=O)O)C(=O)NC(CCC(=O)O)C(=O)NCC(=O)O. The molecular weight excluding hydrogens is 424 g/mol. The number of aliphatic carboxylic acids is 4. The van der Waals surface area contributed by atoms with Gasteiger partial charge in [-0.05, 0) is 12.8 Å². The van der Waals surface area contributed by atoms with E-state index in [1.807, 2.05) is 5.32 Å². The Morgan fingerprint density at radius 1 is 0.645 bits per heavy atom. The Kier molecular flexibility index (Phi) is 11.8. The van der Waals surface area contributed by atoms with Crippen molar-refractivity contribution in [2.75, 3.05) is 6.54 Å². The van der Waals surface area contributed by atoms with Gasteiger partial charge >= 0.3 is 23.9 Å². The summed E-state index contributed by atoms with van der Waals surface area (Å²) in [5.41, 5.74) is 5.40. The highest BCUT2D eigenvalue weighted by molar-refractivity contribution is 5.94. The van der Waals surface area contributed by atoms with Crippen LogP contribution in [0.15, 0.2) is 0 Å². The van der Waals surface area contributed by atoms with Gasteiger partial charge in [-0.25, -0.2) is 0 Å². The Morgan fingerprint density at radius 3 is 1.52 bits per heavy atom. The van der Waals surface area contributed by atoms with Crippen molar-refractivity contribution in [2.45, 2.75) is 50.2 Å². The van der Waals surface area contributed by atoms with Gasteiger partial charge in [0.05, 0.1) is 12.5 Å². The minimum Gasteiger partial charge on any atom is -0.481 e. The molecule has 0 aromatic heterocycles. The molecule has 3 atom stereocenters. The second-order valence-corrected chi connectivity index (χ2v) is 6.30. The van der Waals surface area contributed by atoms with Crippen molar-refractivity contribution in [1.82, 2.24) is 16.0 Å². The zero-order valence-electron chi connectivity index (χ0n) is 16.2. The van der Waals surface area contributed by atoms with Crippen LogP contribution in [0, 0.1) is 0 Å². The lowest BCUT2D eigenvalue weighted by Crippen LogP contribution is -2.56. The smallest absolute Gasteiger partial charge is 0.322 e. The summed E-state index contributed by atoms with van der Waals surface area (Å²) in [5, 5.41) is 41.1. The standard InChI is InChI=1S/C16H24N4O11/c17-7(5-12(25)26)14(29)19-9(2-4-11(23)24)16(31)20-8(1-3-10(21)22)15(30)18-6-13(27)28/h7-9H,1-6,17H2,(H,18,30)(H,19,29)(H,20,31)(H,21,22)(H,23,24)(H,25,26)(H,27,28). The largest absolute Gasteiger partial charge is 0.481 e. The molecule has 0 saturated heterocycles. The van der Waals surface area contributed by atoms with E-state index in [2.05, 4.69) is 10.6 Å². The van der Waals surface area contributed by atoms with Crippen molar-refractivity contribution in [3.63, 3.8) is 0 Å². The van der Waals surface area contributed by atoms with Gasteiger partial charge in [0.25, 0.3) is 0 Å². The van der Waals surface area contributed by atoms with Gasteiger partial charge in [0.15, 0.2) is 0 Å². The molecule has 31 heavy (non-hydrogen) atoms. The highest BCUT2D eigenvalue weighted by Crippen LogP contribution is 2.04. The van der Waals surface area contributed by atoms with E-state index in [1.165, 1.54) is 0 Å². The zero-order chi connectivity index (χ0) is 24.1. The molecule has 0 aliphatic carbocycles. The van der Waals surface area contributed by atoms with Crippen molar-refractivity contribution in [2.24, 2.45) is 5.73 Å². The van der Waals surface area contributed by atoms with Crippen LogP contribution in [0.25, 0.3) is 0 Å². The molecule has 3 amide bonds. The number of nitrogens with one attached hydrogen (secondary N) is 3. The third-order valence-corrected chi connectivity index (χ3v) is 3.70. The van der Waals surface area contributed by atoms with Crippen LogP contribution in [-0.2, 0) is 33.6 Å². The predicted molar refractivity (Wildman–Crippen MR) is 98.5 cm³/mol. The van der Waals surface area contributed by atoms with Crippen LogP contribution < -0.4 is 21.7 Å². The number of carboxylic acid groups (broad SMARTS) is 4. The fourth-order valence-electron chi connectivity index (χ4n) is 2.19. The minimum absolute atomic E-state index is 0.426. The van der Waals surface area contributed by atoms with Gasteiger partial charge in [-0.3, -0.25) is 33.6 Å². The van der Waals surface area contributed by atoms with E-state index in [-0.39, 0.29) is 0 Å². The number of nitrogens with two attached hydrogens (primary N) is 1. The number of hydrogen-bond donors (Lipinski definition) is 8. The lowest BCUT2D eigenvalue weighted by molar-refractivity contribution is -0.141. The molecule has 0 saturated carbocycles. The Morgan fingerprint density at radius 2 is 1.10 bits per heavy atom. The van der Waals surface area contributed by atoms with E-state index in [0.717, 1.165) is 0 Å². The van der Waals surface area contributed by atoms with Crippen molar-refractivity contribution in [3.8, 4) is 0 Å². The zero-order valence-corrected chi connectivity index (χ0v) is 16.2.